The number of ether oxygens (including phenoxy) is 1. The summed E-state index contributed by atoms with van der Waals surface area (Å²) < 4.78 is 5.50. The third-order valence-corrected chi connectivity index (χ3v) is 3.72. The minimum atomic E-state index is -0.818. The van der Waals surface area contributed by atoms with Crippen molar-refractivity contribution in [1.82, 2.24) is 5.32 Å². The van der Waals surface area contributed by atoms with Gasteiger partial charge in [0.1, 0.15) is 6.10 Å². The topological polar surface area (TPSA) is 99.0 Å². The van der Waals surface area contributed by atoms with Gasteiger partial charge in [0.05, 0.1) is 31.5 Å². The fourth-order valence-electron chi connectivity index (χ4n) is 2.16. The van der Waals surface area contributed by atoms with Gasteiger partial charge >= 0.3 is 0 Å². The highest BCUT2D eigenvalue weighted by atomic mass is 16.5. The van der Waals surface area contributed by atoms with Gasteiger partial charge in [0.25, 0.3) is 0 Å². The van der Waals surface area contributed by atoms with Crippen molar-refractivity contribution in [2.24, 2.45) is 0 Å². The number of carbonyl (C=O) groups is 1. The van der Waals surface area contributed by atoms with Crippen LogP contribution in [0, 0.1) is 0 Å². The lowest BCUT2D eigenvalue weighted by Gasteiger charge is -2.28. The van der Waals surface area contributed by atoms with Crippen molar-refractivity contribution in [2.45, 2.75) is 83.6 Å². The van der Waals surface area contributed by atoms with E-state index in [4.69, 9.17) is 9.84 Å². The highest BCUT2D eigenvalue weighted by Crippen LogP contribution is 2.08. The van der Waals surface area contributed by atoms with Crippen LogP contribution in [0.15, 0.2) is 0 Å². The number of carbonyl (C=O) groups excluding carboxylic acids is 1. The Morgan fingerprint density at radius 1 is 1.09 bits per heavy atom. The molecule has 0 saturated carbocycles. The van der Waals surface area contributed by atoms with E-state index in [1.54, 1.807) is 6.92 Å². The molecule has 22 heavy (non-hydrogen) atoms. The maximum absolute atomic E-state index is 11.9. The molecule has 0 aliphatic carbocycles. The summed E-state index contributed by atoms with van der Waals surface area (Å²) in [4.78, 5) is 11.9. The second-order valence-corrected chi connectivity index (χ2v) is 5.82. The number of unbranched alkanes of at least 4 members (excludes halogenated alkanes) is 4. The molecular formula is C16H33NO5. The number of aliphatic hydroxyl groups excluding tert-OH is 3. The predicted molar refractivity (Wildman–Crippen MR) is 85.5 cm³/mol. The van der Waals surface area contributed by atoms with Crippen LogP contribution in [0.3, 0.4) is 0 Å². The normalized spacial score (nSPS) is 16.8. The first kappa shape index (κ1) is 21.3. The maximum Gasteiger partial charge on any atom is 0.220 e. The Morgan fingerprint density at radius 2 is 1.73 bits per heavy atom. The third kappa shape index (κ3) is 9.35. The lowest BCUT2D eigenvalue weighted by molar-refractivity contribution is -0.127. The van der Waals surface area contributed by atoms with Crippen molar-refractivity contribution in [1.29, 1.82) is 0 Å². The summed E-state index contributed by atoms with van der Waals surface area (Å²) in [6.07, 6.45) is 3.76. The first-order chi connectivity index (χ1) is 10.5. The minimum absolute atomic E-state index is 0.108. The first-order valence-corrected chi connectivity index (χ1v) is 8.30. The molecule has 0 spiro atoms. The van der Waals surface area contributed by atoms with Gasteiger partial charge in [-0.2, -0.15) is 0 Å². The molecule has 0 aliphatic rings. The zero-order valence-electron chi connectivity index (χ0n) is 14.1. The van der Waals surface area contributed by atoms with Gasteiger partial charge < -0.3 is 25.4 Å². The summed E-state index contributed by atoms with van der Waals surface area (Å²) in [7, 11) is 0. The van der Waals surface area contributed by atoms with Crippen LogP contribution in [-0.2, 0) is 9.53 Å². The lowest BCUT2D eigenvalue weighted by atomic mass is 10.1. The Morgan fingerprint density at radius 3 is 2.23 bits per heavy atom. The van der Waals surface area contributed by atoms with Crippen molar-refractivity contribution in [2.75, 3.05) is 13.2 Å². The fraction of sp³-hybridized carbons (Fsp3) is 0.938. The van der Waals surface area contributed by atoms with E-state index in [1.165, 1.54) is 19.8 Å². The minimum Gasteiger partial charge on any atom is -0.394 e. The largest absolute Gasteiger partial charge is 0.394 e. The quantitative estimate of drug-likeness (QED) is 0.379. The third-order valence-electron chi connectivity index (χ3n) is 3.72. The van der Waals surface area contributed by atoms with Crippen LogP contribution < -0.4 is 5.32 Å². The van der Waals surface area contributed by atoms with Gasteiger partial charge in [-0.05, 0) is 20.3 Å². The van der Waals surface area contributed by atoms with Crippen molar-refractivity contribution in [3.63, 3.8) is 0 Å². The smallest absolute Gasteiger partial charge is 0.220 e. The van der Waals surface area contributed by atoms with Gasteiger partial charge in [-0.15, -0.1) is 0 Å². The van der Waals surface area contributed by atoms with Crippen LogP contribution in [-0.4, -0.2) is 58.8 Å². The van der Waals surface area contributed by atoms with Crippen molar-refractivity contribution in [3.05, 3.63) is 0 Å². The van der Waals surface area contributed by atoms with Gasteiger partial charge in [0.2, 0.25) is 5.91 Å². The number of aliphatic hydroxyl groups is 3. The van der Waals surface area contributed by atoms with Gasteiger partial charge in [0, 0.05) is 6.42 Å². The van der Waals surface area contributed by atoms with Gasteiger partial charge in [-0.1, -0.05) is 32.6 Å². The van der Waals surface area contributed by atoms with E-state index in [2.05, 4.69) is 12.2 Å². The van der Waals surface area contributed by atoms with Crippen LogP contribution in [0.4, 0.5) is 0 Å². The summed E-state index contributed by atoms with van der Waals surface area (Å²) in [5.74, 6) is -0.108. The maximum atomic E-state index is 11.9. The Labute approximate surface area is 133 Å². The van der Waals surface area contributed by atoms with Crippen LogP contribution in [0.5, 0.6) is 0 Å². The summed E-state index contributed by atoms with van der Waals surface area (Å²) >= 11 is 0. The first-order valence-electron chi connectivity index (χ1n) is 8.30. The summed E-state index contributed by atoms with van der Waals surface area (Å²) in [5.41, 5.74) is 0. The number of rotatable bonds is 13. The van der Waals surface area contributed by atoms with E-state index < -0.39 is 24.4 Å². The number of hydrogen-bond acceptors (Lipinski definition) is 5. The molecule has 0 heterocycles. The zero-order chi connectivity index (χ0) is 17.0. The number of amides is 1. The molecule has 0 aliphatic heterocycles. The van der Waals surface area contributed by atoms with E-state index in [-0.39, 0.29) is 19.1 Å². The van der Waals surface area contributed by atoms with Crippen molar-refractivity contribution < 1.29 is 24.9 Å². The molecular weight excluding hydrogens is 286 g/mol. The van der Waals surface area contributed by atoms with Gasteiger partial charge in [0.15, 0.2) is 0 Å². The Bertz CT molecular complexity index is 286. The standard InChI is InChI=1S/C16H33NO5/c1-4-5-6-7-8-9-16(21)17-14(10-18)13(3)22-15(11-19)12(2)20/h12-15,18-20H,4-11H2,1-3H3,(H,17,21)/t12-,13?,14-,15?/m0/s1. The van der Waals surface area contributed by atoms with E-state index in [0.717, 1.165) is 19.3 Å². The van der Waals surface area contributed by atoms with Crippen LogP contribution in [0.25, 0.3) is 0 Å². The average molecular weight is 319 g/mol. The summed E-state index contributed by atoms with van der Waals surface area (Å²) in [6.45, 7) is 4.81. The second kappa shape index (κ2) is 12.8. The number of nitrogens with one attached hydrogen (secondary N) is 1. The molecule has 0 rings (SSSR count). The molecule has 2 unspecified atom stereocenters. The van der Waals surface area contributed by atoms with E-state index in [9.17, 15) is 15.0 Å². The molecule has 0 fully saturated rings. The van der Waals surface area contributed by atoms with Crippen molar-refractivity contribution >= 4 is 5.91 Å². The molecule has 6 heteroatoms. The molecule has 0 bridgehead atoms. The molecule has 0 radical (unpaired) electrons. The van der Waals surface area contributed by atoms with Crippen molar-refractivity contribution in [3.8, 4) is 0 Å². The average Bonchev–Trinajstić information content (AvgIpc) is 2.49. The fourth-order valence-corrected chi connectivity index (χ4v) is 2.16. The van der Waals surface area contributed by atoms with E-state index >= 15 is 0 Å². The molecule has 4 N–H and O–H groups in total. The molecule has 1 amide bonds. The van der Waals surface area contributed by atoms with Crippen LogP contribution in [0.1, 0.15) is 59.3 Å². The highest BCUT2D eigenvalue weighted by molar-refractivity contribution is 5.76. The van der Waals surface area contributed by atoms with E-state index in [1.807, 2.05) is 0 Å². The summed E-state index contributed by atoms with van der Waals surface area (Å²) in [6, 6.07) is -0.545. The van der Waals surface area contributed by atoms with Gasteiger partial charge in [-0.3, -0.25) is 4.79 Å². The Hall–Kier alpha value is -0.690. The van der Waals surface area contributed by atoms with E-state index in [0.29, 0.717) is 6.42 Å². The van der Waals surface area contributed by atoms with Gasteiger partial charge in [-0.25, -0.2) is 0 Å². The Kier molecular flexibility index (Phi) is 12.4. The predicted octanol–water partition coefficient (Wildman–Crippen LogP) is 0.971. The summed E-state index contributed by atoms with van der Waals surface area (Å²) in [5, 5.41) is 30.7. The van der Waals surface area contributed by atoms with Crippen LogP contribution >= 0.6 is 0 Å². The monoisotopic (exact) mass is 319 g/mol. The SMILES string of the molecule is CCCCCCCC(=O)N[C@@H](CO)C(C)OC(CO)[C@H](C)O. The molecule has 4 atom stereocenters. The highest BCUT2D eigenvalue weighted by Gasteiger charge is 2.24. The molecule has 0 saturated heterocycles. The molecule has 0 aromatic rings. The molecule has 132 valence electrons. The molecule has 0 aromatic carbocycles. The second-order valence-electron chi connectivity index (χ2n) is 5.82. The zero-order valence-corrected chi connectivity index (χ0v) is 14.1. The molecule has 0 aromatic heterocycles. The lowest BCUT2D eigenvalue weighted by Crippen LogP contribution is -2.48. The number of hydrogen-bond donors (Lipinski definition) is 4. The molecule has 6 nitrogen and oxygen atoms in total. The Balaban J connectivity index is 4.14. The van der Waals surface area contributed by atoms with Crippen LogP contribution in [0.2, 0.25) is 0 Å².